The van der Waals surface area contributed by atoms with E-state index in [0.29, 0.717) is 17.9 Å². The predicted molar refractivity (Wildman–Crippen MR) is 81.8 cm³/mol. The van der Waals surface area contributed by atoms with Gasteiger partial charge >= 0.3 is 0 Å². The van der Waals surface area contributed by atoms with Gasteiger partial charge in [-0.2, -0.15) is 0 Å². The van der Waals surface area contributed by atoms with Crippen LogP contribution in [0.1, 0.15) is 10.6 Å². The molecule has 0 radical (unpaired) electrons. The number of thiazole rings is 1. The van der Waals surface area contributed by atoms with Crippen LogP contribution in [-0.4, -0.2) is 9.91 Å². The molecule has 0 aliphatic rings. The van der Waals surface area contributed by atoms with E-state index >= 15 is 0 Å². The minimum absolute atomic E-state index is 0.0994. The molecule has 0 spiro atoms. The molecule has 3 aromatic rings. The lowest BCUT2D eigenvalue weighted by Gasteiger charge is -2.05. The smallest absolute Gasteiger partial charge is 0.272 e. The molecule has 3 rings (SSSR count). The summed E-state index contributed by atoms with van der Waals surface area (Å²) >= 11 is 1.58. The standard InChI is InChI=1S/C15H12N2O3S/c1-10-8-11(6-7-13(10)17(18)19)20-9-15-16-12-4-2-3-5-14(12)21-15/h2-8H,9H2,1H3. The molecule has 0 atom stereocenters. The molecule has 0 amide bonds. The van der Waals surface area contributed by atoms with Gasteiger partial charge in [0, 0.05) is 11.6 Å². The van der Waals surface area contributed by atoms with Crippen LogP contribution in [0.5, 0.6) is 5.75 Å². The summed E-state index contributed by atoms with van der Waals surface area (Å²) in [7, 11) is 0. The first-order valence-electron chi connectivity index (χ1n) is 6.36. The second-order valence-corrected chi connectivity index (χ2v) is 5.68. The first-order chi connectivity index (χ1) is 10.1. The number of nitro groups is 1. The van der Waals surface area contributed by atoms with E-state index in [1.54, 1.807) is 30.4 Å². The molecule has 2 aromatic carbocycles. The Morgan fingerprint density at radius 2 is 2.10 bits per heavy atom. The van der Waals surface area contributed by atoms with Crippen LogP contribution in [0.4, 0.5) is 5.69 Å². The van der Waals surface area contributed by atoms with Crippen molar-refractivity contribution in [2.24, 2.45) is 0 Å². The summed E-state index contributed by atoms with van der Waals surface area (Å²) in [6, 6.07) is 12.7. The lowest BCUT2D eigenvalue weighted by atomic mass is 10.2. The van der Waals surface area contributed by atoms with E-state index in [-0.39, 0.29) is 5.69 Å². The summed E-state index contributed by atoms with van der Waals surface area (Å²) in [6.07, 6.45) is 0. The minimum Gasteiger partial charge on any atom is -0.486 e. The number of benzene rings is 2. The van der Waals surface area contributed by atoms with E-state index in [2.05, 4.69) is 4.98 Å². The molecule has 0 aliphatic carbocycles. The summed E-state index contributed by atoms with van der Waals surface area (Å²) in [5, 5.41) is 11.6. The summed E-state index contributed by atoms with van der Waals surface area (Å²) in [4.78, 5) is 14.9. The molecule has 0 aliphatic heterocycles. The molecule has 0 fully saturated rings. The van der Waals surface area contributed by atoms with Gasteiger partial charge in [-0.15, -0.1) is 11.3 Å². The Hall–Kier alpha value is -2.47. The first kappa shape index (κ1) is 13.5. The molecular weight excluding hydrogens is 288 g/mol. The van der Waals surface area contributed by atoms with E-state index in [9.17, 15) is 10.1 Å². The topological polar surface area (TPSA) is 65.3 Å². The monoisotopic (exact) mass is 300 g/mol. The van der Waals surface area contributed by atoms with E-state index < -0.39 is 4.92 Å². The molecule has 0 unspecified atom stereocenters. The molecule has 0 saturated heterocycles. The molecule has 0 bridgehead atoms. The summed E-state index contributed by atoms with van der Waals surface area (Å²) < 4.78 is 6.78. The van der Waals surface area contributed by atoms with Crippen molar-refractivity contribution in [2.75, 3.05) is 0 Å². The Labute approximate surface area is 125 Å². The predicted octanol–water partition coefficient (Wildman–Crippen LogP) is 4.09. The van der Waals surface area contributed by atoms with Gasteiger partial charge < -0.3 is 4.74 Å². The molecule has 6 heteroatoms. The first-order valence-corrected chi connectivity index (χ1v) is 7.17. The number of hydrogen-bond acceptors (Lipinski definition) is 5. The van der Waals surface area contributed by atoms with Gasteiger partial charge in [-0.05, 0) is 31.2 Å². The summed E-state index contributed by atoms with van der Waals surface area (Å²) in [6.45, 7) is 2.05. The third-order valence-electron chi connectivity index (χ3n) is 3.07. The highest BCUT2D eigenvalue weighted by Gasteiger charge is 2.11. The van der Waals surface area contributed by atoms with E-state index in [1.807, 2.05) is 24.3 Å². The molecule has 0 saturated carbocycles. The van der Waals surface area contributed by atoms with Crippen LogP contribution < -0.4 is 4.74 Å². The van der Waals surface area contributed by atoms with E-state index in [0.717, 1.165) is 15.2 Å². The highest BCUT2D eigenvalue weighted by atomic mass is 32.1. The highest BCUT2D eigenvalue weighted by molar-refractivity contribution is 7.18. The molecular formula is C15H12N2O3S. The SMILES string of the molecule is Cc1cc(OCc2nc3ccccc3s2)ccc1[N+](=O)[O-]. The maximum absolute atomic E-state index is 10.8. The van der Waals surface area contributed by atoms with Crippen molar-refractivity contribution in [1.29, 1.82) is 0 Å². The lowest BCUT2D eigenvalue weighted by molar-refractivity contribution is -0.385. The molecule has 5 nitrogen and oxygen atoms in total. The normalized spacial score (nSPS) is 10.7. The van der Waals surface area contributed by atoms with Crippen LogP contribution in [0.25, 0.3) is 10.2 Å². The van der Waals surface area contributed by atoms with Gasteiger partial charge in [0.15, 0.2) is 0 Å². The second-order valence-electron chi connectivity index (χ2n) is 4.57. The van der Waals surface area contributed by atoms with E-state index in [4.69, 9.17) is 4.74 Å². The fourth-order valence-corrected chi connectivity index (χ4v) is 2.93. The van der Waals surface area contributed by atoms with Crippen LogP contribution in [-0.2, 0) is 6.61 Å². The Bertz CT molecular complexity index is 781. The fraction of sp³-hybridized carbons (Fsp3) is 0.133. The van der Waals surface area contributed by atoms with Crippen molar-refractivity contribution in [3.05, 3.63) is 63.1 Å². The largest absolute Gasteiger partial charge is 0.486 e. The van der Waals surface area contributed by atoms with Crippen molar-refractivity contribution >= 4 is 27.2 Å². The number of hydrogen-bond donors (Lipinski definition) is 0. The number of aryl methyl sites for hydroxylation is 1. The quantitative estimate of drug-likeness (QED) is 0.537. The zero-order valence-corrected chi connectivity index (χ0v) is 12.1. The minimum atomic E-state index is -0.396. The third-order valence-corrected chi connectivity index (χ3v) is 4.08. The Morgan fingerprint density at radius 3 is 2.81 bits per heavy atom. The van der Waals surface area contributed by atoms with Crippen molar-refractivity contribution < 1.29 is 9.66 Å². The number of para-hydroxylation sites is 1. The van der Waals surface area contributed by atoms with Crippen molar-refractivity contribution in [3.8, 4) is 5.75 Å². The molecule has 106 valence electrons. The third kappa shape index (κ3) is 2.85. The van der Waals surface area contributed by atoms with Crippen LogP contribution in [0.2, 0.25) is 0 Å². The van der Waals surface area contributed by atoms with Gasteiger partial charge in [0.2, 0.25) is 0 Å². The average molecular weight is 300 g/mol. The number of aromatic nitrogens is 1. The van der Waals surface area contributed by atoms with Crippen molar-refractivity contribution in [1.82, 2.24) is 4.98 Å². The molecule has 1 aromatic heterocycles. The Kier molecular flexibility index (Phi) is 3.53. The summed E-state index contributed by atoms with van der Waals surface area (Å²) in [5.74, 6) is 0.609. The average Bonchev–Trinajstić information content (AvgIpc) is 2.87. The number of fused-ring (bicyclic) bond motifs is 1. The fourth-order valence-electron chi connectivity index (χ4n) is 2.05. The Morgan fingerprint density at radius 1 is 1.29 bits per heavy atom. The Balaban J connectivity index is 1.75. The van der Waals surface area contributed by atoms with Crippen LogP contribution >= 0.6 is 11.3 Å². The van der Waals surface area contributed by atoms with Crippen LogP contribution in [0.3, 0.4) is 0 Å². The number of nitrogens with zero attached hydrogens (tertiary/aromatic N) is 2. The van der Waals surface area contributed by atoms with Gasteiger partial charge in [0.25, 0.3) is 5.69 Å². The number of nitro benzene ring substituents is 1. The number of ether oxygens (including phenoxy) is 1. The summed E-state index contributed by atoms with van der Waals surface area (Å²) in [5.41, 5.74) is 1.64. The van der Waals surface area contributed by atoms with Gasteiger partial charge in [0.1, 0.15) is 17.4 Å². The zero-order chi connectivity index (χ0) is 14.8. The van der Waals surface area contributed by atoms with Crippen LogP contribution in [0.15, 0.2) is 42.5 Å². The maximum atomic E-state index is 10.8. The molecule has 21 heavy (non-hydrogen) atoms. The van der Waals surface area contributed by atoms with Gasteiger partial charge in [0.05, 0.1) is 15.1 Å². The van der Waals surface area contributed by atoms with Gasteiger partial charge in [-0.25, -0.2) is 4.98 Å². The maximum Gasteiger partial charge on any atom is 0.272 e. The van der Waals surface area contributed by atoms with Gasteiger partial charge in [-0.1, -0.05) is 12.1 Å². The zero-order valence-electron chi connectivity index (χ0n) is 11.3. The van der Waals surface area contributed by atoms with Crippen LogP contribution in [0, 0.1) is 17.0 Å². The van der Waals surface area contributed by atoms with Crippen molar-refractivity contribution in [3.63, 3.8) is 0 Å². The lowest BCUT2D eigenvalue weighted by Crippen LogP contribution is -1.96. The van der Waals surface area contributed by atoms with E-state index in [1.165, 1.54) is 6.07 Å². The molecule has 0 N–H and O–H groups in total. The van der Waals surface area contributed by atoms with Gasteiger partial charge in [-0.3, -0.25) is 10.1 Å². The number of rotatable bonds is 4. The molecule has 1 heterocycles. The second kappa shape index (κ2) is 5.49. The van der Waals surface area contributed by atoms with Crippen molar-refractivity contribution in [2.45, 2.75) is 13.5 Å². The highest BCUT2D eigenvalue weighted by Crippen LogP contribution is 2.25.